The van der Waals surface area contributed by atoms with E-state index >= 15 is 0 Å². The van der Waals surface area contributed by atoms with E-state index in [0.717, 1.165) is 37.6 Å². The second-order valence-electron chi connectivity index (χ2n) is 8.48. The van der Waals surface area contributed by atoms with Crippen LogP contribution in [0, 0.1) is 5.92 Å². The van der Waals surface area contributed by atoms with Gasteiger partial charge in [-0.25, -0.2) is 4.79 Å². The van der Waals surface area contributed by atoms with E-state index in [2.05, 4.69) is 43.0 Å². The average Bonchev–Trinajstić information content (AvgIpc) is 3.13. The second kappa shape index (κ2) is 8.13. The predicted molar refractivity (Wildman–Crippen MR) is 121 cm³/mol. The molecule has 0 amide bonds. The molecule has 0 saturated carbocycles. The van der Waals surface area contributed by atoms with Crippen molar-refractivity contribution in [3.8, 4) is 0 Å². The number of hydrogen-bond donors (Lipinski definition) is 0. The molecule has 0 radical (unpaired) electrons. The van der Waals surface area contributed by atoms with Crippen molar-refractivity contribution in [2.75, 3.05) is 11.4 Å². The molecule has 30 heavy (non-hydrogen) atoms. The zero-order valence-corrected chi connectivity index (χ0v) is 18.4. The third kappa shape index (κ3) is 3.36. The van der Waals surface area contributed by atoms with Gasteiger partial charge in [-0.3, -0.25) is 13.9 Å². The topological polar surface area (TPSA) is 65.1 Å². The number of aryl methyl sites for hydroxylation is 2. The van der Waals surface area contributed by atoms with E-state index < -0.39 is 0 Å². The highest BCUT2D eigenvalue weighted by Crippen LogP contribution is 2.33. The van der Waals surface area contributed by atoms with E-state index in [9.17, 15) is 9.59 Å². The maximum atomic E-state index is 13.2. The molecule has 4 rings (SSSR count). The molecule has 0 N–H and O–H groups in total. The van der Waals surface area contributed by atoms with Crippen molar-refractivity contribution < 1.29 is 0 Å². The van der Waals surface area contributed by atoms with E-state index in [1.807, 2.05) is 11.5 Å². The van der Waals surface area contributed by atoms with Gasteiger partial charge in [0.1, 0.15) is 0 Å². The zero-order valence-electron chi connectivity index (χ0n) is 18.4. The highest BCUT2D eigenvalue weighted by Gasteiger charge is 2.29. The van der Waals surface area contributed by atoms with Crippen LogP contribution in [-0.2, 0) is 26.6 Å². The van der Waals surface area contributed by atoms with Gasteiger partial charge >= 0.3 is 5.69 Å². The van der Waals surface area contributed by atoms with Crippen molar-refractivity contribution >= 4 is 22.8 Å². The molecule has 160 valence electrons. The highest BCUT2D eigenvalue weighted by atomic mass is 16.2. The van der Waals surface area contributed by atoms with Crippen LogP contribution in [0.3, 0.4) is 0 Å². The molecular weight excluding hydrogens is 378 g/mol. The first-order valence-electron chi connectivity index (χ1n) is 11.0. The summed E-state index contributed by atoms with van der Waals surface area (Å²) < 4.78 is 4.85. The van der Waals surface area contributed by atoms with Crippen LogP contribution in [0.4, 0.5) is 11.6 Å². The van der Waals surface area contributed by atoms with Crippen LogP contribution in [-0.4, -0.2) is 25.2 Å². The van der Waals surface area contributed by atoms with Gasteiger partial charge in [0.15, 0.2) is 11.2 Å². The molecule has 7 heteroatoms. The van der Waals surface area contributed by atoms with Gasteiger partial charge in [0, 0.05) is 32.4 Å². The Hall–Kier alpha value is -2.83. The number of hydrogen-bond acceptors (Lipinski definition) is 4. The van der Waals surface area contributed by atoms with Crippen LogP contribution in [0.1, 0.15) is 45.6 Å². The predicted octanol–water partition coefficient (Wildman–Crippen LogP) is 3.44. The minimum absolute atomic E-state index is 0.238. The van der Waals surface area contributed by atoms with Crippen molar-refractivity contribution in [1.82, 2.24) is 18.7 Å². The Morgan fingerprint density at radius 3 is 2.47 bits per heavy atom. The largest absolute Gasteiger partial charge is 0.332 e. The summed E-state index contributed by atoms with van der Waals surface area (Å²) in [5.74, 6) is 1.09. The van der Waals surface area contributed by atoms with Gasteiger partial charge in [-0.1, -0.05) is 39.3 Å². The van der Waals surface area contributed by atoms with Crippen molar-refractivity contribution in [3.63, 3.8) is 0 Å². The number of rotatable bonds is 6. The summed E-state index contributed by atoms with van der Waals surface area (Å²) in [4.78, 5) is 32.8. The van der Waals surface area contributed by atoms with Gasteiger partial charge in [-0.15, -0.1) is 0 Å². The molecule has 0 bridgehead atoms. The number of benzene rings is 1. The molecule has 0 spiro atoms. The van der Waals surface area contributed by atoms with Crippen LogP contribution in [0.15, 0.2) is 33.9 Å². The molecule has 1 aliphatic rings. The minimum atomic E-state index is -0.301. The standard InChI is InChI=1S/C23H31N5O2/c1-5-7-8-17-9-11-18(12-10-17)27-14-16(3)15-28-19-20(24-22(27)28)25(4)23(30)26(13-6-2)21(19)29/h9-12,16H,5-8,13-15H2,1-4H3/t16-/m1/s1. The Morgan fingerprint density at radius 1 is 1.07 bits per heavy atom. The van der Waals surface area contributed by atoms with Crippen molar-refractivity contribution in [2.45, 2.75) is 59.5 Å². The Balaban J connectivity index is 1.85. The first-order valence-corrected chi connectivity index (χ1v) is 11.0. The maximum Gasteiger partial charge on any atom is 0.332 e. The summed E-state index contributed by atoms with van der Waals surface area (Å²) in [6.07, 6.45) is 4.19. The SMILES string of the molecule is CCCCc1ccc(N2C[C@@H](C)Cn3c2nc2c3c(=O)n(CCC)c(=O)n2C)cc1. The monoisotopic (exact) mass is 409 g/mol. The summed E-state index contributed by atoms with van der Waals surface area (Å²) >= 11 is 0. The van der Waals surface area contributed by atoms with Crippen LogP contribution >= 0.6 is 0 Å². The molecular formula is C23H31N5O2. The van der Waals surface area contributed by atoms with E-state index in [1.54, 1.807) is 7.05 Å². The van der Waals surface area contributed by atoms with Gasteiger partial charge in [-0.05, 0) is 42.9 Å². The number of aromatic nitrogens is 4. The lowest BCUT2D eigenvalue weighted by atomic mass is 10.1. The first-order chi connectivity index (χ1) is 14.5. The first kappa shape index (κ1) is 20.4. The van der Waals surface area contributed by atoms with Gasteiger partial charge in [-0.2, -0.15) is 4.98 Å². The molecule has 1 atom stereocenters. The van der Waals surface area contributed by atoms with Crippen molar-refractivity contribution in [3.05, 3.63) is 50.7 Å². The van der Waals surface area contributed by atoms with Crippen LogP contribution in [0.5, 0.6) is 0 Å². The van der Waals surface area contributed by atoms with Crippen LogP contribution < -0.4 is 16.1 Å². The Labute approximate surface area is 176 Å². The number of imidazole rings is 1. The summed E-state index contributed by atoms with van der Waals surface area (Å²) in [6, 6.07) is 8.64. The molecule has 0 saturated heterocycles. The maximum absolute atomic E-state index is 13.2. The van der Waals surface area contributed by atoms with Crippen LogP contribution in [0.25, 0.3) is 11.2 Å². The lowest BCUT2D eigenvalue weighted by Crippen LogP contribution is -2.40. The number of nitrogens with zero attached hydrogens (tertiary/aromatic N) is 5. The Bertz CT molecular complexity index is 1170. The quantitative estimate of drug-likeness (QED) is 0.626. The lowest BCUT2D eigenvalue weighted by Gasteiger charge is -2.33. The number of fused-ring (bicyclic) bond motifs is 3. The van der Waals surface area contributed by atoms with E-state index in [-0.39, 0.29) is 11.2 Å². The highest BCUT2D eigenvalue weighted by molar-refractivity contribution is 5.77. The second-order valence-corrected chi connectivity index (χ2v) is 8.48. The fourth-order valence-corrected chi connectivity index (χ4v) is 4.37. The fourth-order valence-electron chi connectivity index (χ4n) is 4.37. The summed E-state index contributed by atoms with van der Waals surface area (Å²) in [5, 5.41) is 0. The number of unbranched alkanes of at least 4 members (excludes halogenated alkanes) is 1. The molecule has 0 aliphatic carbocycles. The lowest BCUT2D eigenvalue weighted by molar-refractivity contribution is 0.457. The van der Waals surface area contributed by atoms with Gasteiger partial charge in [0.2, 0.25) is 5.95 Å². The molecule has 2 aromatic heterocycles. The van der Waals surface area contributed by atoms with Crippen molar-refractivity contribution in [1.29, 1.82) is 0 Å². The van der Waals surface area contributed by atoms with E-state index in [1.165, 1.54) is 27.5 Å². The fraction of sp³-hybridized carbons (Fsp3) is 0.522. The van der Waals surface area contributed by atoms with Gasteiger partial charge < -0.3 is 9.47 Å². The molecule has 7 nitrogen and oxygen atoms in total. The summed E-state index contributed by atoms with van der Waals surface area (Å²) in [6.45, 7) is 8.32. The average molecular weight is 410 g/mol. The Kier molecular flexibility index (Phi) is 5.54. The summed E-state index contributed by atoms with van der Waals surface area (Å²) in [5.41, 5.74) is 2.85. The van der Waals surface area contributed by atoms with Gasteiger partial charge in [0.05, 0.1) is 0 Å². The molecule has 1 aliphatic heterocycles. The smallest absolute Gasteiger partial charge is 0.312 e. The molecule has 0 fully saturated rings. The van der Waals surface area contributed by atoms with E-state index in [4.69, 9.17) is 4.98 Å². The third-order valence-corrected chi connectivity index (χ3v) is 5.96. The summed E-state index contributed by atoms with van der Waals surface area (Å²) in [7, 11) is 1.70. The van der Waals surface area contributed by atoms with Crippen molar-refractivity contribution in [2.24, 2.45) is 13.0 Å². The molecule has 1 aromatic carbocycles. The number of anilines is 2. The van der Waals surface area contributed by atoms with Gasteiger partial charge in [0.25, 0.3) is 5.56 Å². The Morgan fingerprint density at radius 2 is 1.80 bits per heavy atom. The molecule has 0 unspecified atom stereocenters. The molecule has 3 heterocycles. The normalized spacial score (nSPS) is 16.3. The zero-order chi connectivity index (χ0) is 21.4. The third-order valence-electron chi connectivity index (χ3n) is 5.96. The minimum Gasteiger partial charge on any atom is -0.312 e. The van der Waals surface area contributed by atoms with E-state index in [0.29, 0.717) is 23.6 Å². The molecule has 3 aromatic rings. The van der Waals surface area contributed by atoms with Crippen LogP contribution in [0.2, 0.25) is 0 Å².